The molecular weight excluding hydrogens is 487 g/mol. The van der Waals surface area contributed by atoms with Crippen LogP contribution >= 0.6 is 8.25 Å². The highest BCUT2D eigenvalue weighted by Crippen LogP contribution is 2.28. The second kappa shape index (κ2) is 11.0. The van der Waals surface area contributed by atoms with Crippen LogP contribution in [0.5, 0.6) is 11.5 Å². The van der Waals surface area contributed by atoms with Crippen LogP contribution in [0.3, 0.4) is 0 Å². The Morgan fingerprint density at radius 1 is 0.750 bits per heavy atom. The zero-order valence-electron chi connectivity index (χ0n) is 18.9. The number of hydrogen-bond donors (Lipinski definition) is 2. The van der Waals surface area contributed by atoms with E-state index in [9.17, 15) is 15.1 Å². The quantitative estimate of drug-likeness (QED) is 0.238. The molecule has 0 atom stereocenters. The Labute approximate surface area is 205 Å². The van der Waals surface area contributed by atoms with Gasteiger partial charge in [-0.1, -0.05) is 0 Å². The van der Waals surface area contributed by atoms with Gasteiger partial charge in [0, 0.05) is 25.9 Å². The molecule has 36 heavy (non-hydrogen) atoms. The second-order valence-corrected chi connectivity index (χ2v) is 7.70. The summed E-state index contributed by atoms with van der Waals surface area (Å²) in [6.45, 7) is 0. The lowest BCUT2D eigenvalue weighted by molar-refractivity contribution is 0.293. The van der Waals surface area contributed by atoms with Crippen LogP contribution in [-0.4, -0.2) is 33.8 Å². The summed E-state index contributed by atoms with van der Waals surface area (Å²) in [5.41, 5.74) is 6.40. The Kier molecular flexibility index (Phi) is 7.39. The molecular formula is C22H18N8O5P+. The summed E-state index contributed by atoms with van der Waals surface area (Å²) in [6, 6.07) is 20.5. The number of nitrogens with zero attached hydrogens (tertiary/aromatic N) is 6. The molecule has 2 N–H and O–H groups in total. The molecule has 14 heteroatoms. The van der Waals surface area contributed by atoms with Gasteiger partial charge in [0.15, 0.2) is 23.0 Å². The van der Waals surface area contributed by atoms with Crippen LogP contribution in [0.1, 0.15) is 11.4 Å². The van der Waals surface area contributed by atoms with Crippen molar-refractivity contribution < 1.29 is 23.3 Å². The molecule has 13 nitrogen and oxygen atoms in total. The molecule has 0 radical (unpaired) electrons. The van der Waals surface area contributed by atoms with E-state index in [1.54, 1.807) is 62.8 Å². The van der Waals surface area contributed by atoms with Gasteiger partial charge in [-0.25, -0.2) is 9.36 Å². The summed E-state index contributed by atoms with van der Waals surface area (Å²) in [6.07, 6.45) is 0. The number of benzene rings is 2. The predicted octanol–water partition coefficient (Wildman–Crippen LogP) is 3.86. The van der Waals surface area contributed by atoms with Gasteiger partial charge < -0.3 is 9.47 Å². The average molecular weight is 505 g/mol. The van der Waals surface area contributed by atoms with Crippen molar-refractivity contribution in [3.05, 3.63) is 72.1 Å². The molecule has 4 aromatic rings. The van der Waals surface area contributed by atoms with Crippen LogP contribution in [0, 0.1) is 22.7 Å². The molecule has 0 bridgehead atoms. The first-order chi connectivity index (χ1) is 17.5. The largest absolute Gasteiger partial charge is 0.746 e. The van der Waals surface area contributed by atoms with E-state index in [-0.39, 0.29) is 23.0 Å². The highest BCUT2D eigenvalue weighted by Gasteiger charge is 2.25. The Balaban J connectivity index is 1.44. The Morgan fingerprint density at radius 2 is 1.14 bits per heavy atom. The molecule has 0 aliphatic rings. The lowest BCUT2D eigenvalue weighted by atomic mass is 10.3. The normalized spacial score (nSPS) is 10.2. The van der Waals surface area contributed by atoms with E-state index in [2.05, 4.69) is 21.2 Å². The Hall–Kier alpha value is -4.94. The van der Waals surface area contributed by atoms with Crippen LogP contribution in [-0.2, 0) is 13.8 Å². The van der Waals surface area contributed by atoms with E-state index < -0.39 is 8.25 Å². The fraction of sp³-hybridized carbons (Fsp3) is 0.0909. The van der Waals surface area contributed by atoms with E-state index in [1.807, 2.05) is 12.1 Å². The molecule has 0 saturated carbocycles. The Bertz CT molecular complexity index is 1340. The van der Waals surface area contributed by atoms with Gasteiger partial charge in [0.05, 0.1) is 25.6 Å². The van der Waals surface area contributed by atoms with Gasteiger partial charge in [-0.3, -0.25) is 0 Å². The van der Waals surface area contributed by atoms with Crippen LogP contribution in [0.15, 0.2) is 60.7 Å². The lowest BCUT2D eigenvalue weighted by Gasteiger charge is -2.07. The third-order valence-corrected chi connectivity index (χ3v) is 5.21. The fourth-order valence-corrected chi connectivity index (χ4v) is 3.42. The van der Waals surface area contributed by atoms with Crippen LogP contribution in [0.4, 0.5) is 11.6 Å². The minimum atomic E-state index is -2.76. The van der Waals surface area contributed by atoms with E-state index in [4.69, 9.17) is 18.7 Å². The maximum absolute atomic E-state index is 12.4. The number of rotatable bonds is 10. The molecule has 0 saturated heterocycles. The van der Waals surface area contributed by atoms with Gasteiger partial charge >= 0.3 is 8.25 Å². The van der Waals surface area contributed by atoms with Crippen molar-refractivity contribution in [2.75, 3.05) is 25.2 Å². The molecule has 0 unspecified atom stereocenters. The summed E-state index contributed by atoms with van der Waals surface area (Å²) in [5.74, 6) is 1.76. The highest BCUT2D eigenvalue weighted by atomic mass is 31.1. The SMILES string of the molecule is COc1ccc(-n2nc(C#N)cc2NO[P+](=O)ONc2cc(C#N)nn2-c2ccc(OC)cc2)cc1. The maximum atomic E-state index is 12.4. The van der Waals surface area contributed by atoms with Gasteiger partial charge in [-0.2, -0.15) is 31.7 Å². The van der Waals surface area contributed by atoms with E-state index in [1.165, 1.54) is 21.5 Å². The van der Waals surface area contributed by atoms with Gasteiger partial charge in [0.2, 0.25) is 0 Å². The first kappa shape index (κ1) is 24.2. The highest BCUT2D eigenvalue weighted by molar-refractivity contribution is 7.33. The van der Waals surface area contributed by atoms with Crippen LogP contribution in [0.25, 0.3) is 11.4 Å². The second-order valence-electron chi connectivity index (χ2n) is 6.88. The number of methoxy groups -OCH3 is 2. The third-order valence-electron chi connectivity index (χ3n) is 4.73. The molecule has 0 fully saturated rings. The summed E-state index contributed by atoms with van der Waals surface area (Å²) >= 11 is 0. The van der Waals surface area contributed by atoms with Crippen molar-refractivity contribution in [1.82, 2.24) is 19.6 Å². The molecule has 0 aliphatic carbocycles. The zero-order valence-corrected chi connectivity index (χ0v) is 19.8. The van der Waals surface area contributed by atoms with Gasteiger partial charge in [-0.15, -0.1) is 0 Å². The van der Waals surface area contributed by atoms with Crippen molar-refractivity contribution in [1.29, 1.82) is 10.5 Å². The number of ether oxygens (including phenoxy) is 2. The molecule has 0 aliphatic heterocycles. The van der Waals surface area contributed by atoms with Crippen LogP contribution < -0.4 is 20.4 Å². The molecule has 180 valence electrons. The summed E-state index contributed by atoms with van der Waals surface area (Å²) in [4.78, 5) is 0. The molecule has 0 amide bonds. The minimum absolute atomic E-state index is 0.110. The van der Waals surface area contributed by atoms with Gasteiger partial charge in [-0.05, 0) is 48.5 Å². The van der Waals surface area contributed by atoms with Crippen molar-refractivity contribution in [2.45, 2.75) is 0 Å². The molecule has 4 rings (SSSR count). The van der Waals surface area contributed by atoms with Crippen molar-refractivity contribution in [3.8, 4) is 35.0 Å². The third kappa shape index (κ3) is 5.41. The molecule has 2 heterocycles. The summed E-state index contributed by atoms with van der Waals surface area (Å²) in [7, 11) is 0.341. The summed E-state index contributed by atoms with van der Waals surface area (Å²) in [5, 5.41) is 26.8. The van der Waals surface area contributed by atoms with Crippen molar-refractivity contribution in [3.63, 3.8) is 0 Å². The maximum Gasteiger partial charge on any atom is 0.746 e. The number of anilines is 2. The number of aromatic nitrogens is 4. The van der Waals surface area contributed by atoms with Crippen molar-refractivity contribution in [2.24, 2.45) is 0 Å². The van der Waals surface area contributed by atoms with E-state index >= 15 is 0 Å². The average Bonchev–Trinajstić information content (AvgIpc) is 3.55. The fourth-order valence-electron chi connectivity index (χ4n) is 3.04. The zero-order chi connectivity index (χ0) is 25.5. The van der Waals surface area contributed by atoms with Gasteiger partial charge in [0.25, 0.3) is 0 Å². The summed E-state index contributed by atoms with van der Waals surface area (Å²) < 4.78 is 35.6. The lowest BCUT2D eigenvalue weighted by Crippen LogP contribution is -2.07. The number of nitrogens with one attached hydrogen (secondary N) is 2. The standard InChI is InChI=1S/C22H18N8O5P/c1-32-19-7-3-17(4-8-19)29-21(11-15(13-23)25-29)27-34-36(31)35-28-22-12-16(14-24)26-30(22)18-5-9-20(33-2)10-6-18/h3-12,27-28H,1-2H3/q+1. The monoisotopic (exact) mass is 505 g/mol. The van der Waals surface area contributed by atoms with Crippen molar-refractivity contribution >= 4 is 19.9 Å². The van der Waals surface area contributed by atoms with E-state index in [0.29, 0.717) is 22.9 Å². The first-order valence-electron chi connectivity index (χ1n) is 10.2. The van der Waals surface area contributed by atoms with E-state index in [0.717, 1.165) is 0 Å². The number of hydrogen-bond acceptors (Lipinski definition) is 11. The molecule has 2 aromatic heterocycles. The smallest absolute Gasteiger partial charge is 0.497 e. The minimum Gasteiger partial charge on any atom is -0.497 e. The number of nitriles is 2. The first-order valence-corrected chi connectivity index (χ1v) is 11.3. The Morgan fingerprint density at radius 3 is 1.47 bits per heavy atom. The molecule has 0 spiro atoms. The van der Waals surface area contributed by atoms with Gasteiger partial charge in [0.1, 0.15) is 23.6 Å². The topological polar surface area (TPSA) is 161 Å². The predicted molar refractivity (Wildman–Crippen MR) is 127 cm³/mol. The van der Waals surface area contributed by atoms with Crippen LogP contribution in [0.2, 0.25) is 0 Å². The molecule has 2 aromatic carbocycles.